The van der Waals surface area contributed by atoms with E-state index in [0.717, 1.165) is 18.2 Å². The summed E-state index contributed by atoms with van der Waals surface area (Å²) in [6, 6.07) is 2.79. The van der Waals surface area contributed by atoms with Crippen LogP contribution >= 0.6 is 27.5 Å². The van der Waals surface area contributed by atoms with Gasteiger partial charge in [0, 0.05) is 5.88 Å². The summed E-state index contributed by atoms with van der Waals surface area (Å²) in [5.41, 5.74) is -0.248. The van der Waals surface area contributed by atoms with Gasteiger partial charge in [-0.25, -0.2) is 8.78 Å². The predicted octanol–water partition coefficient (Wildman–Crippen LogP) is 3.54. The lowest BCUT2D eigenvalue weighted by Gasteiger charge is -2.07. The Morgan fingerprint density at radius 2 is 2.13 bits per heavy atom. The van der Waals surface area contributed by atoms with E-state index in [9.17, 15) is 13.6 Å². The summed E-state index contributed by atoms with van der Waals surface area (Å²) in [6.45, 7) is 0. The summed E-state index contributed by atoms with van der Waals surface area (Å²) in [5.74, 6) is -1.57. The molecule has 0 unspecified atom stereocenters. The van der Waals surface area contributed by atoms with Crippen molar-refractivity contribution in [2.24, 2.45) is 0 Å². The molecule has 1 aromatic rings. The van der Waals surface area contributed by atoms with Crippen LogP contribution in [0.25, 0.3) is 0 Å². The first-order valence-electron chi connectivity index (χ1n) is 4.25. The van der Waals surface area contributed by atoms with Crippen molar-refractivity contribution in [1.82, 2.24) is 0 Å². The van der Waals surface area contributed by atoms with Crippen molar-refractivity contribution in [3.05, 3.63) is 35.4 Å². The molecule has 1 atom stereocenters. The monoisotopic (exact) mass is 296 g/mol. The number of alkyl halides is 2. The minimum Gasteiger partial charge on any atom is -0.293 e. The quantitative estimate of drug-likeness (QED) is 0.614. The van der Waals surface area contributed by atoms with Gasteiger partial charge in [0.1, 0.15) is 11.6 Å². The largest absolute Gasteiger partial charge is 0.293 e. The fourth-order valence-electron chi connectivity index (χ4n) is 1.08. The van der Waals surface area contributed by atoms with Crippen LogP contribution in [0, 0.1) is 11.6 Å². The molecule has 0 saturated heterocycles. The van der Waals surface area contributed by atoms with Crippen LogP contribution in [0.1, 0.15) is 16.8 Å². The average Bonchev–Trinajstić information content (AvgIpc) is 2.21. The first-order valence-corrected chi connectivity index (χ1v) is 5.70. The SMILES string of the molecule is O=C(c1cc(F)ccc1F)[C@H](Br)CCCl. The molecule has 82 valence electrons. The average molecular weight is 298 g/mol. The zero-order valence-corrected chi connectivity index (χ0v) is 9.99. The Bertz CT molecular complexity index is 370. The molecule has 0 fully saturated rings. The van der Waals surface area contributed by atoms with Crippen LogP contribution in [-0.2, 0) is 0 Å². The van der Waals surface area contributed by atoms with Gasteiger partial charge in [-0.3, -0.25) is 4.79 Å². The Morgan fingerprint density at radius 3 is 2.73 bits per heavy atom. The molecule has 1 aromatic carbocycles. The van der Waals surface area contributed by atoms with E-state index >= 15 is 0 Å². The van der Waals surface area contributed by atoms with Gasteiger partial charge in [-0.05, 0) is 24.6 Å². The van der Waals surface area contributed by atoms with Crippen LogP contribution in [0.4, 0.5) is 8.78 Å². The Morgan fingerprint density at radius 1 is 1.47 bits per heavy atom. The Balaban J connectivity index is 2.95. The lowest BCUT2D eigenvalue weighted by atomic mass is 10.1. The molecule has 0 radical (unpaired) electrons. The molecular formula is C10H8BrClF2O. The Hall–Kier alpha value is -0.480. The fraction of sp³-hybridized carbons (Fsp3) is 0.300. The molecule has 0 N–H and O–H groups in total. The highest BCUT2D eigenvalue weighted by atomic mass is 79.9. The summed E-state index contributed by atoms with van der Waals surface area (Å²) in [6.07, 6.45) is 0.371. The lowest BCUT2D eigenvalue weighted by Crippen LogP contribution is -2.16. The summed E-state index contributed by atoms with van der Waals surface area (Å²) in [4.78, 5) is 11.0. The van der Waals surface area contributed by atoms with Crippen LogP contribution in [0.3, 0.4) is 0 Å². The summed E-state index contributed by atoms with van der Waals surface area (Å²) < 4.78 is 26.0. The number of ketones is 1. The van der Waals surface area contributed by atoms with Gasteiger partial charge in [0.25, 0.3) is 0 Å². The number of rotatable bonds is 4. The molecule has 1 nitrogen and oxygen atoms in total. The normalized spacial score (nSPS) is 12.5. The van der Waals surface area contributed by atoms with Gasteiger partial charge in [0.15, 0.2) is 5.78 Å². The van der Waals surface area contributed by atoms with E-state index in [2.05, 4.69) is 15.9 Å². The molecule has 0 aliphatic rings. The van der Waals surface area contributed by atoms with Crippen molar-refractivity contribution in [3.8, 4) is 0 Å². The van der Waals surface area contributed by atoms with Crippen molar-refractivity contribution in [1.29, 1.82) is 0 Å². The number of carbonyl (C=O) groups is 1. The highest BCUT2D eigenvalue weighted by Crippen LogP contribution is 2.17. The Labute approximate surface area is 99.6 Å². The van der Waals surface area contributed by atoms with Crippen LogP contribution in [0.15, 0.2) is 18.2 Å². The number of Topliss-reactive ketones (excluding diaryl/α,β-unsaturated/α-hetero) is 1. The van der Waals surface area contributed by atoms with Crippen LogP contribution in [0.5, 0.6) is 0 Å². The van der Waals surface area contributed by atoms with E-state index in [-0.39, 0.29) is 11.4 Å². The number of carbonyl (C=O) groups excluding carboxylic acids is 1. The second-order valence-electron chi connectivity index (χ2n) is 2.93. The summed E-state index contributed by atoms with van der Waals surface area (Å²) in [5, 5.41) is 0. The highest BCUT2D eigenvalue weighted by molar-refractivity contribution is 9.10. The molecule has 0 amide bonds. The maximum Gasteiger partial charge on any atom is 0.179 e. The Kier molecular flexibility index (Phi) is 4.67. The van der Waals surface area contributed by atoms with Crippen molar-refractivity contribution in [2.45, 2.75) is 11.2 Å². The molecule has 0 aliphatic carbocycles. The van der Waals surface area contributed by atoms with Gasteiger partial charge in [-0.1, -0.05) is 15.9 Å². The molecule has 5 heteroatoms. The maximum absolute atomic E-state index is 13.2. The number of halogens is 4. The van der Waals surface area contributed by atoms with Gasteiger partial charge in [0.2, 0.25) is 0 Å². The molecular weight excluding hydrogens is 289 g/mol. The smallest absolute Gasteiger partial charge is 0.179 e. The predicted molar refractivity (Wildman–Crippen MR) is 58.7 cm³/mol. The molecule has 15 heavy (non-hydrogen) atoms. The molecule has 0 bridgehead atoms. The van der Waals surface area contributed by atoms with Crippen molar-refractivity contribution < 1.29 is 13.6 Å². The molecule has 0 aromatic heterocycles. The van der Waals surface area contributed by atoms with Crippen LogP contribution < -0.4 is 0 Å². The minimum absolute atomic E-state index is 0.248. The molecule has 1 rings (SSSR count). The van der Waals surface area contributed by atoms with Crippen molar-refractivity contribution >= 4 is 33.3 Å². The zero-order chi connectivity index (χ0) is 11.4. The molecule has 0 heterocycles. The highest BCUT2D eigenvalue weighted by Gasteiger charge is 2.20. The van der Waals surface area contributed by atoms with Gasteiger partial charge in [-0.2, -0.15) is 0 Å². The van der Waals surface area contributed by atoms with E-state index in [0.29, 0.717) is 6.42 Å². The van der Waals surface area contributed by atoms with E-state index < -0.39 is 22.2 Å². The van der Waals surface area contributed by atoms with Gasteiger partial charge < -0.3 is 0 Å². The number of benzene rings is 1. The second kappa shape index (κ2) is 5.56. The van der Waals surface area contributed by atoms with Gasteiger partial charge in [0.05, 0.1) is 10.4 Å². The van der Waals surface area contributed by atoms with Crippen molar-refractivity contribution in [2.75, 3.05) is 5.88 Å². The van der Waals surface area contributed by atoms with Crippen LogP contribution in [-0.4, -0.2) is 16.5 Å². The fourth-order valence-corrected chi connectivity index (χ4v) is 2.04. The van der Waals surface area contributed by atoms with Gasteiger partial charge >= 0.3 is 0 Å². The third-order valence-electron chi connectivity index (χ3n) is 1.84. The zero-order valence-electron chi connectivity index (χ0n) is 7.64. The van der Waals surface area contributed by atoms with Crippen molar-refractivity contribution in [3.63, 3.8) is 0 Å². The second-order valence-corrected chi connectivity index (χ2v) is 4.42. The topological polar surface area (TPSA) is 17.1 Å². The van der Waals surface area contributed by atoms with E-state index in [1.165, 1.54) is 0 Å². The van der Waals surface area contributed by atoms with Gasteiger partial charge in [-0.15, -0.1) is 11.6 Å². The lowest BCUT2D eigenvalue weighted by molar-refractivity contribution is 0.0986. The summed E-state index contributed by atoms with van der Waals surface area (Å²) >= 11 is 8.52. The maximum atomic E-state index is 13.2. The number of hydrogen-bond acceptors (Lipinski definition) is 1. The standard InChI is InChI=1S/C10H8BrClF2O/c11-8(3-4-12)10(15)7-5-6(13)1-2-9(7)14/h1-2,5,8H,3-4H2/t8-/m1/s1. The molecule has 0 aliphatic heterocycles. The minimum atomic E-state index is -0.722. The number of hydrogen-bond donors (Lipinski definition) is 0. The van der Waals surface area contributed by atoms with E-state index in [4.69, 9.17) is 11.6 Å². The first-order chi connectivity index (χ1) is 7.06. The first kappa shape index (κ1) is 12.6. The van der Waals surface area contributed by atoms with Crippen LogP contribution in [0.2, 0.25) is 0 Å². The third kappa shape index (κ3) is 3.24. The summed E-state index contributed by atoms with van der Waals surface area (Å²) in [7, 11) is 0. The molecule has 0 saturated carbocycles. The van der Waals surface area contributed by atoms with E-state index in [1.807, 2.05) is 0 Å². The molecule has 0 spiro atoms. The third-order valence-corrected chi connectivity index (χ3v) is 2.93. The van der Waals surface area contributed by atoms with E-state index in [1.54, 1.807) is 0 Å².